The van der Waals surface area contributed by atoms with E-state index in [1.165, 1.54) is 0 Å². The smallest absolute Gasteiger partial charge is 0.266 e. The Morgan fingerprint density at radius 2 is 1.60 bits per heavy atom. The summed E-state index contributed by atoms with van der Waals surface area (Å²) in [6.45, 7) is 8.85. The second kappa shape index (κ2) is 8.12. The van der Waals surface area contributed by atoms with Crippen molar-refractivity contribution in [3.8, 4) is 0 Å². The largest absolute Gasteiger partial charge is 0.296 e. The van der Waals surface area contributed by atoms with Gasteiger partial charge in [-0.2, -0.15) is 8.42 Å². The molecule has 3 nitrogen and oxygen atoms in total. The molecule has 2 rings (SSSR count). The summed E-state index contributed by atoms with van der Waals surface area (Å²) in [5.41, 5.74) is 5.60. The molecule has 5 heteroatoms. The average Bonchev–Trinajstić information content (AvgIpc) is 2.54. The fraction of sp³-hybridized carbons (Fsp3) is 0.300. The summed E-state index contributed by atoms with van der Waals surface area (Å²) in [5, 5.41) is 0. The van der Waals surface area contributed by atoms with Gasteiger partial charge >= 0.3 is 0 Å². The molecule has 0 aromatic heterocycles. The van der Waals surface area contributed by atoms with Crippen LogP contribution in [-0.4, -0.2) is 23.1 Å². The maximum atomic E-state index is 12.3. The minimum absolute atomic E-state index is 0.140. The van der Waals surface area contributed by atoms with Crippen molar-refractivity contribution in [3.05, 3.63) is 71.4 Å². The molecule has 0 aliphatic carbocycles. The van der Waals surface area contributed by atoms with E-state index in [0.717, 1.165) is 16.7 Å². The van der Waals surface area contributed by atoms with Crippen LogP contribution < -0.4 is 0 Å². The van der Waals surface area contributed by atoms with Crippen LogP contribution in [0.2, 0.25) is 19.6 Å². The molecule has 134 valence electrons. The third-order valence-electron chi connectivity index (χ3n) is 3.67. The molecule has 0 fully saturated rings. The van der Waals surface area contributed by atoms with Crippen LogP contribution in [0.4, 0.5) is 0 Å². The van der Waals surface area contributed by atoms with Gasteiger partial charge in [0.05, 0.1) is 19.6 Å². The fourth-order valence-electron chi connectivity index (χ4n) is 2.51. The number of hydrogen-bond donors (Lipinski definition) is 0. The molecule has 0 heterocycles. The monoisotopic (exact) mass is 374 g/mol. The highest BCUT2D eigenvalue weighted by Gasteiger charge is 2.17. The molecule has 0 amide bonds. The van der Waals surface area contributed by atoms with E-state index >= 15 is 0 Å². The normalized spacial score (nSPS) is 13.0. The van der Waals surface area contributed by atoms with E-state index in [9.17, 15) is 8.42 Å². The standard InChI is InChI=1S/C20H26O3SSi/c1-17-10-12-20(13-11-17)24(21,22)23-15-14-19(16-25(2,3)4)18-8-6-5-7-9-18/h5-13,16H,14-15H2,1-4H3/b19-16+. The highest BCUT2D eigenvalue weighted by molar-refractivity contribution is 7.86. The minimum atomic E-state index is -3.71. The van der Waals surface area contributed by atoms with Crippen molar-refractivity contribution in [2.75, 3.05) is 6.61 Å². The van der Waals surface area contributed by atoms with E-state index in [4.69, 9.17) is 4.18 Å². The van der Waals surface area contributed by atoms with Crippen LogP contribution >= 0.6 is 0 Å². The van der Waals surface area contributed by atoms with E-state index in [-0.39, 0.29) is 11.5 Å². The Labute approximate surface area is 152 Å². The molecular formula is C20H26O3SSi. The Bertz CT molecular complexity index is 817. The first-order valence-electron chi connectivity index (χ1n) is 8.41. The first-order valence-corrected chi connectivity index (χ1v) is 13.4. The summed E-state index contributed by atoms with van der Waals surface area (Å²) in [4.78, 5) is 0.202. The summed E-state index contributed by atoms with van der Waals surface area (Å²) >= 11 is 0. The molecule has 2 aromatic carbocycles. The van der Waals surface area contributed by atoms with Crippen molar-refractivity contribution >= 4 is 23.8 Å². The van der Waals surface area contributed by atoms with Crippen molar-refractivity contribution in [1.82, 2.24) is 0 Å². The van der Waals surface area contributed by atoms with Gasteiger partial charge in [-0.25, -0.2) is 0 Å². The Hall–Kier alpha value is -1.69. The van der Waals surface area contributed by atoms with Crippen LogP contribution in [0.1, 0.15) is 17.5 Å². The van der Waals surface area contributed by atoms with Gasteiger partial charge in [0.1, 0.15) is 0 Å². The number of aryl methyl sites for hydroxylation is 1. The van der Waals surface area contributed by atoms with Crippen LogP contribution in [0.25, 0.3) is 5.57 Å². The lowest BCUT2D eigenvalue weighted by atomic mass is 10.1. The Balaban J connectivity index is 2.11. The predicted octanol–water partition coefficient (Wildman–Crippen LogP) is 5.05. The van der Waals surface area contributed by atoms with Crippen LogP contribution in [0.15, 0.2) is 65.2 Å². The van der Waals surface area contributed by atoms with E-state index in [2.05, 4.69) is 37.5 Å². The maximum absolute atomic E-state index is 12.3. The van der Waals surface area contributed by atoms with Crippen molar-refractivity contribution in [2.24, 2.45) is 0 Å². The molecule has 0 unspecified atom stereocenters. The average molecular weight is 375 g/mol. The maximum Gasteiger partial charge on any atom is 0.296 e. The molecule has 0 aliphatic rings. The highest BCUT2D eigenvalue weighted by atomic mass is 32.2. The molecule has 25 heavy (non-hydrogen) atoms. The second-order valence-electron chi connectivity index (χ2n) is 7.24. The Morgan fingerprint density at radius 3 is 2.16 bits per heavy atom. The zero-order valence-electron chi connectivity index (χ0n) is 15.3. The lowest BCUT2D eigenvalue weighted by Crippen LogP contribution is -2.17. The van der Waals surface area contributed by atoms with Gasteiger partial charge < -0.3 is 0 Å². The molecular weight excluding hydrogens is 348 g/mol. The SMILES string of the molecule is Cc1ccc(S(=O)(=O)OCC/C(=C\[Si](C)(C)C)c2ccccc2)cc1. The van der Waals surface area contributed by atoms with Crippen LogP contribution in [-0.2, 0) is 14.3 Å². The molecule has 0 N–H and O–H groups in total. The van der Waals surface area contributed by atoms with E-state index < -0.39 is 18.2 Å². The van der Waals surface area contributed by atoms with Gasteiger partial charge in [0.25, 0.3) is 10.1 Å². The molecule has 0 aliphatic heterocycles. The lowest BCUT2D eigenvalue weighted by Gasteiger charge is -2.15. The highest BCUT2D eigenvalue weighted by Crippen LogP contribution is 2.23. The number of rotatable bonds is 7. The van der Waals surface area contributed by atoms with E-state index in [0.29, 0.717) is 6.42 Å². The molecule has 0 radical (unpaired) electrons. The lowest BCUT2D eigenvalue weighted by molar-refractivity contribution is 0.326. The Morgan fingerprint density at radius 1 is 1.00 bits per heavy atom. The Kier molecular flexibility index (Phi) is 6.38. The fourth-order valence-corrected chi connectivity index (χ4v) is 4.77. The summed E-state index contributed by atoms with van der Waals surface area (Å²) < 4.78 is 29.9. The quantitative estimate of drug-likeness (QED) is 0.503. The zero-order valence-corrected chi connectivity index (χ0v) is 17.1. The van der Waals surface area contributed by atoms with Crippen molar-refractivity contribution in [2.45, 2.75) is 37.9 Å². The summed E-state index contributed by atoms with van der Waals surface area (Å²) in [5.74, 6) is 0. The van der Waals surface area contributed by atoms with Gasteiger partial charge in [0.2, 0.25) is 0 Å². The van der Waals surface area contributed by atoms with Gasteiger partial charge in [-0.3, -0.25) is 4.18 Å². The van der Waals surface area contributed by atoms with Crippen LogP contribution in [0.5, 0.6) is 0 Å². The molecule has 0 bridgehead atoms. The molecule has 0 saturated heterocycles. The molecule has 2 aromatic rings. The first-order chi connectivity index (χ1) is 11.7. The second-order valence-corrected chi connectivity index (χ2v) is 13.9. The topological polar surface area (TPSA) is 43.4 Å². The van der Waals surface area contributed by atoms with E-state index in [1.807, 2.05) is 25.1 Å². The summed E-state index contributed by atoms with van der Waals surface area (Å²) in [7, 11) is -5.15. The van der Waals surface area contributed by atoms with Crippen LogP contribution in [0.3, 0.4) is 0 Å². The van der Waals surface area contributed by atoms with Gasteiger partial charge in [-0.15, -0.1) is 0 Å². The molecule has 0 atom stereocenters. The number of benzene rings is 2. The zero-order chi connectivity index (χ0) is 18.5. The van der Waals surface area contributed by atoms with Gasteiger partial charge in [-0.05, 0) is 36.6 Å². The van der Waals surface area contributed by atoms with Crippen molar-refractivity contribution < 1.29 is 12.6 Å². The predicted molar refractivity (Wildman–Crippen MR) is 107 cm³/mol. The van der Waals surface area contributed by atoms with Crippen molar-refractivity contribution in [1.29, 1.82) is 0 Å². The number of hydrogen-bond acceptors (Lipinski definition) is 3. The van der Waals surface area contributed by atoms with Gasteiger partial charge in [0.15, 0.2) is 0 Å². The third kappa shape index (κ3) is 6.27. The van der Waals surface area contributed by atoms with Crippen LogP contribution in [0, 0.1) is 6.92 Å². The third-order valence-corrected chi connectivity index (χ3v) is 6.21. The summed E-state index contributed by atoms with van der Waals surface area (Å²) in [6.07, 6.45) is 0.569. The van der Waals surface area contributed by atoms with Gasteiger partial charge in [-0.1, -0.05) is 73.4 Å². The van der Waals surface area contributed by atoms with E-state index in [1.54, 1.807) is 24.3 Å². The summed E-state index contributed by atoms with van der Waals surface area (Å²) in [6, 6.07) is 16.8. The van der Waals surface area contributed by atoms with Crippen molar-refractivity contribution in [3.63, 3.8) is 0 Å². The minimum Gasteiger partial charge on any atom is -0.266 e. The van der Waals surface area contributed by atoms with Gasteiger partial charge in [0, 0.05) is 0 Å². The molecule has 0 spiro atoms. The molecule has 0 saturated carbocycles. The first kappa shape index (κ1) is 19.6.